The first-order valence-electron chi connectivity index (χ1n) is 8.39. The molecule has 0 radical (unpaired) electrons. The molecule has 140 valence electrons. The Kier molecular flexibility index (Phi) is 3.84. The third-order valence-corrected chi connectivity index (χ3v) is 4.87. The molecule has 1 atom stereocenters. The summed E-state index contributed by atoms with van der Waals surface area (Å²) in [5.74, 6) is -1.37. The summed E-state index contributed by atoms with van der Waals surface area (Å²) in [6.45, 7) is 3.29. The van der Waals surface area contributed by atoms with Crippen LogP contribution in [0.25, 0.3) is 0 Å². The number of aliphatic hydroxyl groups excluding tert-OH is 1. The highest BCUT2D eigenvalue weighted by Gasteiger charge is 2.61. The Morgan fingerprint density at radius 3 is 2.79 bits per heavy atom. The van der Waals surface area contributed by atoms with Crippen molar-refractivity contribution in [1.29, 1.82) is 5.26 Å². The van der Waals surface area contributed by atoms with Crippen LogP contribution >= 0.6 is 0 Å². The van der Waals surface area contributed by atoms with E-state index >= 15 is 0 Å². The van der Waals surface area contributed by atoms with Crippen molar-refractivity contribution in [2.45, 2.75) is 12.0 Å². The fraction of sp³-hybridized carbons (Fsp3) is 0.150. The van der Waals surface area contributed by atoms with Crippen molar-refractivity contribution in [2.24, 2.45) is 5.73 Å². The summed E-state index contributed by atoms with van der Waals surface area (Å²) in [6.07, 6.45) is 1.55. The normalized spacial score (nSPS) is 19.9. The maximum absolute atomic E-state index is 13.7. The largest absolute Gasteiger partial charge is 0.457 e. The van der Waals surface area contributed by atoms with Crippen molar-refractivity contribution < 1.29 is 19.1 Å². The van der Waals surface area contributed by atoms with Gasteiger partial charge in [0, 0.05) is 23.9 Å². The van der Waals surface area contributed by atoms with E-state index in [4.69, 9.17) is 14.9 Å². The number of anilines is 1. The number of rotatable bonds is 3. The molecule has 2 aliphatic heterocycles. The highest BCUT2D eigenvalue weighted by molar-refractivity contribution is 6.13. The number of benzene rings is 1. The van der Waals surface area contributed by atoms with Gasteiger partial charge in [0.25, 0.3) is 5.91 Å². The lowest BCUT2D eigenvalue weighted by molar-refractivity contribution is -0.121. The summed E-state index contributed by atoms with van der Waals surface area (Å²) in [5, 5.41) is 19.3. The van der Waals surface area contributed by atoms with Crippen LogP contribution in [-0.2, 0) is 16.8 Å². The van der Waals surface area contributed by atoms with Gasteiger partial charge in [-0.05, 0) is 6.07 Å². The molecule has 0 aliphatic carbocycles. The van der Waals surface area contributed by atoms with Gasteiger partial charge in [-0.2, -0.15) is 5.26 Å². The number of aliphatic hydroxyl groups is 1. The van der Waals surface area contributed by atoms with Gasteiger partial charge in [0.15, 0.2) is 11.2 Å². The van der Waals surface area contributed by atoms with Crippen LogP contribution in [0.1, 0.15) is 17.1 Å². The van der Waals surface area contributed by atoms with Gasteiger partial charge < -0.3 is 24.9 Å². The quantitative estimate of drug-likeness (QED) is 0.764. The van der Waals surface area contributed by atoms with E-state index in [2.05, 4.69) is 6.58 Å². The van der Waals surface area contributed by atoms with Crippen molar-refractivity contribution >= 4 is 11.6 Å². The predicted molar refractivity (Wildman–Crippen MR) is 98.1 cm³/mol. The minimum Gasteiger partial charge on any atom is -0.457 e. The van der Waals surface area contributed by atoms with Gasteiger partial charge >= 0.3 is 0 Å². The van der Waals surface area contributed by atoms with E-state index in [0.717, 1.165) is 6.07 Å². The van der Waals surface area contributed by atoms with Gasteiger partial charge in [0.1, 0.15) is 24.0 Å². The minimum atomic E-state index is -1.78. The van der Waals surface area contributed by atoms with Crippen LogP contribution in [0, 0.1) is 11.3 Å². The molecule has 8 heteroatoms. The summed E-state index contributed by atoms with van der Waals surface area (Å²) in [7, 11) is 0. The summed E-state index contributed by atoms with van der Waals surface area (Å²) < 4.78 is 11.1. The number of nitrogens with two attached hydrogens (primary N) is 1. The van der Waals surface area contributed by atoms with E-state index in [9.17, 15) is 20.0 Å². The van der Waals surface area contributed by atoms with Crippen molar-refractivity contribution in [2.75, 3.05) is 11.4 Å². The first-order chi connectivity index (χ1) is 13.5. The molecule has 1 spiro atoms. The van der Waals surface area contributed by atoms with E-state index in [-0.39, 0.29) is 35.3 Å². The van der Waals surface area contributed by atoms with E-state index < -0.39 is 23.4 Å². The number of hydrogen-bond acceptors (Lipinski definition) is 7. The number of ether oxygens (including phenoxy) is 1. The Bertz CT molecular complexity index is 1160. The van der Waals surface area contributed by atoms with Crippen LogP contribution in [0.5, 0.6) is 5.75 Å². The highest BCUT2D eigenvalue weighted by atomic mass is 16.5. The molecule has 2 aliphatic rings. The molecule has 4 rings (SSSR count). The fourth-order valence-corrected chi connectivity index (χ4v) is 3.77. The molecular formula is C20H15N3O5. The zero-order valence-electron chi connectivity index (χ0n) is 14.6. The summed E-state index contributed by atoms with van der Waals surface area (Å²) in [5.41, 5.74) is 4.35. The zero-order valence-corrected chi connectivity index (χ0v) is 14.6. The molecule has 0 saturated heterocycles. The summed E-state index contributed by atoms with van der Waals surface area (Å²) >= 11 is 0. The first-order valence-corrected chi connectivity index (χ1v) is 8.39. The molecule has 8 nitrogen and oxygen atoms in total. The van der Waals surface area contributed by atoms with E-state index in [1.54, 1.807) is 30.3 Å². The third kappa shape index (κ3) is 2.02. The Labute approximate surface area is 159 Å². The van der Waals surface area contributed by atoms with Crippen LogP contribution in [0.2, 0.25) is 0 Å². The number of carbonyl (C=O) groups excluding carboxylic acids is 1. The van der Waals surface area contributed by atoms with Crippen molar-refractivity contribution in [3.05, 3.63) is 81.8 Å². The topological polar surface area (TPSA) is 130 Å². The number of fused-ring (bicyclic) bond motifs is 4. The molecule has 1 aromatic carbocycles. The molecule has 1 aromatic heterocycles. The molecule has 28 heavy (non-hydrogen) atoms. The van der Waals surface area contributed by atoms with Crippen LogP contribution in [0.15, 0.2) is 63.7 Å². The monoisotopic (exact) mass is 377 g/mol. The van der Waals surface area contributed by atoms with Gasteiger partial charge in [-0.25, -0.2) is 0 Å². The van der Waals surface area contributed by atoms with E-state index in [0.29, 0.717) is 11.3 Å². The van der Waals surface area contributed by atoms with Crippen molar-refractivity contribution in [1.82, 2.24) is 0 Å². The number of nitriles is 1. The molecule has 0 saturated carbocycles. The lowest BCUT2D eigenvalue weighted by Gasteiger charge is -2.32. The first kappa shape index (κ1) is 17.6. The maximum Gasteiger partial charge on any atom is 0.251 e. The minimum absolute atomic E-state index is 0.0584. The number of carbonyl (C=O) groups is 1. The standard InChI is InChI=1S/C20H15N3O5/c1-2-7-23-14-6-4-3-5-12(14)20(19(23)26)13(9-21)18(22)28-16-15(25)8-11(10-24)27-17(16)20/h2-6,8,24H,1,7,10,22H2/t20-/m1/s1. The third-order valence-electron chi connectivity index (χ3n) is 4.87. The fourth-order valence-electron chi connectivity index (χ4n) is 3.77. The number of nitrogens with zero attached hydrogens (tertiary/aromatic N) is 2. The predicted octanol–water partition coefficient (Wildman–Crippen LogP) is 1.04. The summed E-state index contributed by atoms with van der Waals surface area (Å²) in [6, 6.07) is 9.86. The smallest absolute Gasteiger partial charge is 0.251 e. The number of amides is 1. The highest BCUT2D eigenvalue weighted by Crippen LogP contribution is 2.54. The Balaban J connectivity index is 2.18. The molecule has 3 heterocycles. The van der Waals surface area contributed by atoms with Gasteiger partial charge in [-0.15, -0.1) is 6.58 Å². The van der Waals surface area contributed by atoms with Gasteiger partial charge in [0.05, 0.1) is 0 Å². The van der Waals surface area contributed by atoms with E-state index in [1.807, 2.05) is 6.07 Å². The lowest BCUT2D eigenvalue weighted by atomic mass is 9.72. The van der Waals surface area contributed by atoms with E-state index in [1.165, 1.54) is 4.90 Å². The summed E-state index contributed by atoms with van der Waals surface area (Å²) in [4.78, 5) is 27.7. The zero-order chi connectivity index (χ0) is 20.1. The Morgan fingerprint density at radius 2 is 2.11 bits per heavy atom. The second-order valence-electron chi connectivity index (χ2n) is 6.32. The van der Waals surface area contributed by atoms with Gasteiger partial charge in [0.2, 0.25) is 17.1 Å². The van der Waals surface area contributed by atoms with Crippen molar-refractivity contribution in [3.63, 3.8) is 0 Å². The Morgan fingerprint density at radius 1 is 1.36 bits per heavy atom. The molecular weight excluding hydrogens is 362 g/mol. The molecule has 1 amide bonds. The number of para-hydroxylation sites is 1. The van der Waals surface area contributed by atoms with Crippen LogP contribution in [0.3, 0.4) is 0 Å². The average molecular weight is 377 g/mol. The molecule has 0 bridgehead atoms. The maximum atomic E-state index is 13.7. The Hall–Kier alpha value is -3.83. The SMILES string of the molecule is C=CCN1C(=O)[C@@]2(C(C#N)=C(N)Oc3c2oc(CO)cc3=O)c2ccccc21. The molecule has 2 aromatic rings. The van der Waals surface area contributed by atoms with Crippen LogP contribution in [-0.4, -0.2) is 17.6 Å². The van der Waals surface area contributed by atoms with Crippen molar-refractivity contribution in [3.8, 4) is 11.8 Å². The van der Waals surface area contributed by atoms with Gasteiger partial charge in [-0.3, -0.25) is 9.59 Å². The van der Waals surface area contributed by atoms with Crippen LogP contribution < -0.4 is 20.8 Å². The molecule has 3 N–H and O–H groups in total. The lowest BCUT2D eigenvalue weighted by Crippen LogP contribution is -2.46. The molecule has 0 fully saturated rings. The van der Waals surface area contributed by atoms with Crippen LogP contribution in [0.4, 0.5) is 5.69 Å². The number of hydrogen-bond donors (Lipinski definition) is 2. The second kappa shape index (κ2) is 6.11. The van der Waals surface area contributed by atoms with Gasteiger partial charge in [-0.1, -0.05) is 24.3 Å². The molecule has 0 unspecified atom stereocenters. The average Bonchev–Trinajstić information content (AvgIpc) is 2.93. The second-order valence-corrected chi connectivity index (χ2v) is 6.32.